The molecule has 0 bridgehead atoms. The molecule has 0 spiro atoms. The number of rotatable bonds is 5. The number of thioether (sulfide) groups is 1. The van der Waals surface area contributed by atoms with Crippen LogP contribution in [0.3, 0.4) is 0 Å². The van der Waals surface area contributed by atoms with Gasteiger partial charge in [-0.05, 0) is 19.1 Å². The van der Waals surface area contributed by atoms with Gasteiger partial charge in [0.25, 0.3) is 0 Å². The molecule has 0 saturated heterocycles. The third-order valence-corrected chi connectivity index (χ3v) is 5.32. The van der Waals surface area contributed by atoms with Crippen molar-refractivity contribution < 1.29 is 4.79 Å². The molecule has 19 heavy (non-hydrogen) atoms. The van der Waals surface area contributed by atoms with Crippen molar-refractivity contribution in [1.29, 1.82) is 0 Å². The third-order valence-electron chi connectivity index (χ3n) is 3.90. The monoisotopic (exact) mass is 282 g/mol. The SMILES string of the molecule is CSC1(CNC(=O)C(N)c2cnn(C)c2)CCCC1. The maximum Gasteiger partial charge on any atom is 0.241 e. The molecule has 1 heterocycles. The van der Waals surface area contributed by atoms with E-state index in [9.17, 15) is 4.79 Å². The van der Waals surface area contributed by atoms with Gasteiger partial charge in [0.05, 0.1) is 6.20 Å². The molecule has 0 aromatic carbocycles. The van der Waals surface area contributed by atoms with Crippen LogP contribution in [-0.2, 0) is 11.8 Å². The Kier molecular flexibility index (Phi) is 4.52. The number of carbonyl (C=O) groups excluding carboxylic acids is 1. The van der Waals surface area contributed by atoms with Crippen LogP contribution in [0.4, 0.5) is 0 Å². The van der Waals surface area contributed by atoms with E-state index in [1.54, 1.807) is 17.1 Å². The maximum atomic E-state index is 12.1. The number of carbonyl (C=O) groups is 1. The van der Waals surface area contributed by atoms with Crippen molar-refractivity contribution in [2.45, 2.75) is 36.5 Å². The molecule has 1 unspecified atom stereocenters. The van der Waals surface area contributed by atoms with Gasteiger partial charge in [0.15, 0.2) is 0 Å². The Balaban J connectivity index is 1.90. The van der Waals surface area contributed by atoms with Crippen molar-refractivity contribution in [1.82, 2.24) is 15.1 Å². The summed E-state index contributed by atoms with van der Waals surface area (Å²) >= 11 is 1.86. The highest BCUT2D eigenvalue weighted by molar-refractivity contribution is 8.00. The van der Waals surface area contributed by atoms with Gasteiger partial charge in [-0.1, -0.05) is 12.8 Å². The number of nitrogens with one attached hydrogen (secondary N) is 1. The summed E-state index contributed by atoms with van der Waals surface area (Å²) in [7, 11) is 1.81. The van der Waals surface area contributed by atoms with Crippen LogP contribution in [0.2, 0.25) is 0 Å². The van der Waals surface area contributed by atoms with Crippen LogP contribution in [0, 0.1) is 0 Å². The molecule has 1 atom stereocenters. The van der Waals surface area contributed by atoms with E-state index in [1.807, 2.05) is 18.8 Å². The largest absolute Gasteiger partial charge is 0.353 e. The number of nitrogens with two attached hydrogens (primary N) is 1. The van der Waals surface area contributed by atoms with Gasteiger partial charge in [-0.3, -0.25) is 9.48 Å². The van der Waals surface area contributed by atoms with Crippen LogP contribution in [-0.4, -0.2) is 33.2 Å². The Morgan fingerprint density at radius 2 is 2.32 bits per heavy atom. The zero-order chi connectivity index (χ0) is 13.9. The van der Waals surface area contributed by atoms with Crippen molar-refractivity contribution in [2.24, 2.45) is 12.8 Å². The first kappa shape index (κ1) is 14.4. The summed E-state index contributed by atoms with van der Waals surface area (Å²) in [6, 6.07) is -0.631. The van der Waals surface area contributed by atoms with Crippen molar-refractivity contribution in [3.63, 3.8) is 0 Å². The molecule has 1 aromatic heterocycles. The summed E-state index contributed by atoms with van der Waals surface area (Å²) in [6.45, 7) is 0.709. The standard InChI is InChI=1S/C13H22N4OS/c1-17-8-10(7-16-17)11(14)12(18)15-9-13(19-2)5-3-4-6-13/h7-8,11H,3-6,9,14H2,1-2H3,(H,15,18). The summed E-state index contributed by atoms with van der Waals surface area (Å²) in [5.74, 6) is -0.117. The molecule has 0 radical (unpaired) electrons. The molecule has 6 heteroatoms. The van der Waals surface area contributed by atoms with Crippen LogP contribution in [0.1, 0.15) is 37.3 Å². The number of aryl methyl sites for hydroxylation is 1. The molecule has 1 aliphatic carbocycles. The second kappa shape index (κ2) is 5.96. The van der Waals surface area contributed by atoms with Crippen molar-refractivity contribution in [2.75, 3.05) is 12.8 Å². The van der Waals surface area contributed by atoms with Crippen LogP contribution >= 0.6 is 11.8 Å². The number of hydrogen-bond acceptors (Lipinski definition) is 4. The van der Waals surface area contributed by atoms with Crippen LogP contribution in [0.5, 0.6) is 0 Å². The summed E-state index contributed by atoms with van der Waals surface area (Å²) in [5, 5.41) is 7.04. The average molecular weight is 282 g/mol. The summed E-state index contributed by atoms with van der Waals surface area (Å²) in [4.78, 5) is 12.1. The first-order valence-corrected chi connectivity index (χ1v) is 7.86. The van der Waals surface area contributed by atoms with E-state index >= 15 is 0 Å². The van der Waals surface area contributed by atoms with E-state index in [4.69, 9.17) is 5.73 Å². The molecule has 1 fully saturated rings. The lowest BCUT2D eigenvalue weighted by Crippen LogP contribution is -2.42. The molecule has 106 valence electrons. The molecule has 3 N–H and O–H groups in total. The number of nitrogens with zero attached hydrogens (tertiary/aromatic N) is 2. The quantitative estimate of drug-likeness (QED) is 0.851. The minimum Gasteiger partial charge on any atom is -0.353 e. The highest BCUT2D eigenvalue weighted by atomic mass is 32.2. The Hall–Kier alpha value is -1.01. The van der Waals surface area contributed by atoms with Crippen LogP contribution < -0.4 is 11.1 Å². The molecule has 1 saturated carbocycles. The van der Waals surface area contributed by atoms with Gasteiger partial charge in [-0.15, -0.1) is 0 Å². The molecule has 1 amide bonds. The summed E-state index contributed by atoms with van der Waals surface area (Å²) in [5.41, 5.74) is 6.70. The van der Waals surface area contributed by atoms with Crippen LogP contribution in [0.15, 0.2) is 12.4 Å². The highest BCUT2D eigenvalue weighted by Crippen LogP contribution is 2.39. The van der Waals surface area contributed by atoms with Gasteiger partial charge in [0.2, 0.25) is 5.91 Å². The van der Waals surface area contributed by atoms with Gasteiger partial charge >= 0.3 is 0 Å². The van der Waals surface area contributed by atoms with Gasteiger partial charge in [-0.25, -0.2) is 0 Å². The lowest BCUT2D eigenvalue weighted by Gasteiger charge is -2.27. The Morgan fingerprint density at radius 3 is 2.84 bits per heavy atom. The first-order valence-electron chi connectivity index (χ1n) is 6.63. The first-order chi connectivity index (χ1) is 9.06. The van der Waals surface area contributed by atoms with Crippen LogP contribution in [0.25, 0.3) is 0 Å². The summed E-state index contributed by atoms with van der Waals surface area (Å²) < 4.78 is 1.87. The molecule has 1 aromatic rings. The topological polar surface area (TPSA) is 72.9 Å². The summed E-state index contributed by atoms with van der Waals surface area (Å²) in [6.07, 6.45) is 10.4. The van der Waals surface area contributed by atoms with Gasteiger partial charge in [-0.2, -0.15) is 16.9 Å². The van der Waals surface area contributed by atoms with Gasteiger partial charge in [0, 0.05) is 30.1 Å². The fourth-order valence-corrected chi connectivity index (χ4v) is 3.50. The van der Waals surface area contributed by atoms with E-state index in [0.29, 0.717) is 6.54 Å². The maximum absolute atomic E-state index is 12.1. The van der Waals surface area contributed by atoms with E-state index in [1.165, 1.54) is 25.7 Å². The molecule has 5 nitrogen and oxygen atoms in total. The van der Waals surface area contributed by atoms with Crippen molar-refractivity contribution in [3.05, 3.63) is 18.0 Å². The molecule has 0 aliphatic heterocycles. The molecule has 2 rings (SSSR count). The highest BCUT2D eigenvalue weighted by Gasteiger charge is 2.33. The minimum atomic E-state index is -0.631. The molecule has 1 aliphatic rings. The zero-order valence-electron chi connectivity index (χ0n) is 11.6. The van der Waals surface area contributed by atoms with Gasteiger partial charge in [0.1, 0.15) is 6.04 Å². The zero-order valence-corrected chi connectivity index (χ0v) is 12.4. The number of aromatic nitrogens is 2. The van der Waals surface area contributed by atoms with Crippen molar-refractivity contribution in [3.8, 4) is 0 Å². The Morgan fingerprint density at radius 1 is 1.63 bits per heavy atom. The Bertz CT molecular complexity index is 440. The van der Waals surface area contributed by atoms with E-state index in [2.05, 4.69) is 16.7 Å². The van der Waals surface area contributed by atoms with E-state index in [-0.39, 0.29) is 10.7 Å². The predicted molar refractivity (Wildman–Crippen MR) is 77.9 cm³/mol. The Labute approximate surface area is 118 Å². The van der Waals surface area contributed by atoms with E-state index < -0.39 is 6.04 Å². The molecular weight excluding hydrogens is 260 g/mol. The molecular formula is C13H22N4OS. The smallest absolute Gasteiger partial charge is 0.241 e. The van der Waals surface area contributed by atoms with E-state index in [0.717, 1.165) is 5.56 Å². The lowest BCUT2D eigenvalue weighted by atomic mass is 10.1. The fourth-order valence-electron chi connectivity index (χ4n) is 2.58. The minimum absolute atomic E-state index is 0.117. The van der Waals surface area contributed by atoms with Crippen molar-refractivity contribution >= 4 is 17.7 Å². The van der Waals surface area contributed by atoms with Gasteiger partial charge < -0.3 is 11.1 Å². The third kappa shape index (κ3) is 3.30. The average Bonchev–Trinajstić information content (AvgIpc) is 3.04. The second-order valence-electron chi connectivity index (χ2n) is 5.24. The second-order valence-corrected chi connectivity index (χ2v) is 6.51. The number of hydrogen-bond donors (Lipinski definition) is 2. The lowest BCUT2D eigenvalue weighted by molar-refractivity contribution is -0.122. The fraction of sp³-hybridized carbons (Fsp3) is 0.692. The number of amides is 1. The predicted octanol–water partition coefficient (Wildman–Crippen LogP) is 1.21. The normalized spacial score (nSPS) is 19.3.